The first-order chi connectivity index (χ1) is 15.0. The van der Waals surface area contributed by atoms with Crippen LogP contribution in [-0.2, 0) is 14.3 Å². The Morgan fingerprint density at radius 3 is 2.00 bits per heavy atom. The van der Waals surface area contributed by atoms with E-state index in [2.05, 4.69) is 65.6 Å². The van der Waals surface area contributed by atoms with Gasteiger partial charge in [-0.25, -0.2) is 9.59 Å². The van der Waals surface area contributed by atoms with Crippen LogP contribution < -0.4 is 10.1 Å². The average molecular weight is 448 g/mol. The van der Waals surface area contributed by atoms with Crippen molar-refractivity contribution >= 4 is 17.6 Å². The van der Waals surface area contributed by atoms with E-state index in [1.807, 2.05) is 12.1 Å². The van der Waals surface area contributed by atoms with Crippen LogP contribution in [0.3, 0.4) is 0 Å². The number of hydrogen-bond acceptors (Lipinski definition) is 5. The molecule has 0 fully saturated rings. The standard InChI is InChI=1S/C26H39NO5.H2/c1-17(2)23(18(3)4)24(19(5)6)21-9-11-22(12-10-21)30-15-16-32-26(29)27-13-14-31-25(28)20(7)8;/h9-12,17-19H,7,13-16H2,1-6,8H3,(H,27,29);1H. The first-order valence-electron chi connectivity index (χ1n) is 11.2. The maximum atomic E-state index is 11.6. The summed E-state index contributed by atoms with van der Waals surface area (Å²) in [7, 11) is 0. The monoisotopic (exact) mass is 447 g/mol. The third kappa shape index (κ3) is 9.16. The predicted octanol–water partition coefficient (Wildman–Crippen LogP) is 5.88. The Hall–Kier alpha value is -2.76. The van der Waals surface area contributed by atoms with Crippen LogP contribution in [0, 0.1) is 17.8 Å². The molecule has 32 heavy (non-hydrogen) atoms. The Kier molecular flexibility index (Phi) is 11.6. The van der Waals surface area contributed by atoms with Gasteiger partial charge in [0, 0.05) is 7.00 Å². The van der Waals surface area contributed by atoms with Gasteiger partial charge in [0.25, 0.3) is 0 Å². The Bertz CT molecular complexity index is 787. The number of rotatable bonds is 12. The van der Waals surface area contributed by atoms with Gasteiger partial charge in [-0.15, -0.1) is 0 Å². The molecular weight excluding hydrogens is 406 g/mol. The van der Waals surface area contributed by atoms with Gasteiger partial charge in [0.05, 0.1) is 6.54 Å². The van der Waals surface area contributed by atoms with Gasteiger partial charge in [0.15, 0.2) is 0 Å². The molecule has 0 aliphatic heterocycles. The highest BCUT2D eigenvalue weighted by Crippen LogP contribution is 2.35. The minimum Gasteiger partial charge on any atom is -0.490 e. The lowest BCUT2D eigenvalue weighted by atomic mass is 9.81. The summed E-state index contributed by atoms with van der Waals surface area (Å²) in [6.07, 6.45) is -0.586. The highest BCUT2D eigenvalue weighted by Gasteiger charge is 2.18. The van der Waals surface area contributed by atoms with E-state index < -0.39 is 12.1 Å². The lowest BCUT2D eigenvalue weighted by Gasteiger charge is -2.25. The average Bonchev–Trinajstić information content (AvgIpc) is 2.71. The molecule has 0 aliphatic carbocycles. The molecule has 6 heteroatoms. The van der Waals surface area contributed by atoms with Crippen LogP contribution in [0.25, 0.3) is 5.57 Å². The minimum absolute atomic E-state index is 0. The first-order valence-corrected chi connectivity index (χ1v) is 11.2. The number of carbonyl (C=O) groups excluding carboxylic acids is 2. The Morgan fingerprint density at radius 2 is 1.50 bits per heavy atom. The summed E-state index contributed by atoms with van der Waals surface area (Å²) in [6.45, 7) is 19.1. The molecule has 1 amide bonds. The fraction of sp³-hybridized carbons (Fsp3) is 0.538. The molecule has 1 N–H and O–H groups in total. The van der Waals surface area contributed by atoms with Gasteiger partial charge in [0.2, 0.25) is 0 Å². The fourth-order valence-corrected chi connectivity index (χ4v) is 3.62. The number of benzene rings is 1. The molecule has 0 atom stereocenters. The maximum Gasteiger partial charge on any atom is 0.407 e. The minimum atomic E-state index is -0.586. The predicted molar refractivity (Wildman–Crippen MR) is 131 cm³/mol. The second kappa shape index (κ2) is 13.6. The number of carbonyl (C=O) groups is 2. The van der Waals surface area contributed by atoms with Crippen molar-refractivity contribution in [2.45, 2.75) is 48.5 Å². The molecule has 0 bridgehead atoms. The number of alkyl carbamates (subject to hydrolysis) is 1. The third-order valence-electron chi connectivity index (χ3n) is 4.84. The molecule has 0 saturated heterocycles. The smallest absolute Gasteiger partial charge is 0.407 e. The summed E-state index contributed by atoms with van der Waals surface area (Å²) in [5.74, 6) is 1.65. The summed E-state index contributed by atoms with van der Waals surface area (Å²) in [5, 5.41) is 2.51. The van der Waals surface area contributed by atoms with Crippen LogP contribution in [0.2, 0.25) is 0 Å². The van der Waals surface area contributed by atoms with Crippen molar-refractivity contribution in [3.8, 4) is 5.75 Å². The Labute approximate surface area is 194 Å². The van der Waals surface area contributed by atoms with E-state index in [9.17, 15) is 9.59 Å². The molecule has 180 valence electrons. The number of hydrogen-bond donors (Lipinski definition) is 1. The topological polar surface area (TPSA) is 73.9 Å². The number of amides is 1. The van der Waals surface area contributed by atoms with E-state index in [0.717, 1.165) is 5.75 Å². The third-order valence-corrected chi connectivity index (χ3v) is 4.84. The van der Waals surface area contributed by atoms with Gasteiger partial charge < -0.3 is 19.5 Å². The van der Waals surface area contributed by atoms with E-state index in [0.29, 0.717) is 23.3 Å². The van der Waals surface area contributed by atoms with Crippen molar-refractivity contribution in [1.29, 1.82) is 0 Å². The number of esters is 1. The normalized spacial score (nSPS) is 10.8. The van der Waals surface area contributed by atoms with Crippen LogP contribution in [0.15, 0.2) is 42.0 Å². The van der Waals surface area contributed by atoms with E-state index >= 15 is 0 Å². The van der Waals surface area contributed by atoms with Crippen molar-refractivity contribution in [2.75, 3.05) is 26.4 Å². The summed E-state index contributed by atoms with van der Waals surface area (Å²) < 4.78 is 15.6. The summed E-state index contributed by atoms with van der Waals surface area (Å²) in [6, 6.07) is 8.09. The van der Waals surface area contributed by atoms with Crippen LogP contribution in [0.4, 0.5) is 4.79 Å². The molecule has 1 aromatic carbocycles. The number of allylic oxidation sites excluding steroid dienone is 2. The molecule has 0 unspecified atom stereocenters. The molecule has 0 spiro atoms. The first kappa shape index (κ1) is 27.3. The zero-order valence-electron chi connectivity index (χ0n) is 20.6. The Morgan fingerprint density at radius 1 is 0.906 bits per heavy atom. The van der Waals surface area contributed by atoms with Crippen molar-refractivity contribution < 1.29 is 25.2 Å². The highest BCUT2D eigenvalue weighted by atomic mass is 16.6. The number of ether oxygens (including phenoxy) is 3. The van der Waals surface area contributed by atoms with Gasteiger partial charge >= 0.3 is 12.1 Å². The molecule has 1 rings (SSSR count). The molecular formula is C26H41NO5. The van der Waals surface area contributed by atoms with Gasteiger partial charge in [-0.05, 0) is 47.9 Å². The second-order valence-corrected chi connectivity index (χ2v) is 8.68. The molecule has 1 aromatic rings. The van der Waals surface area contributed by atoms with E-state index in [1.54, 1.807) is 6.92 Å². The van der Waals surface area contributed by atoms with Gasteiger partial charge in [-0.1, -0.05) is 65.8 Å². The van der Waals surface area contributed by atoms with Crippen LogP contribution in [-0.4, -0.2) is 38.4 Å². The molecule has 0 aliphatic rings. The van der Waals surface area contributed by atoms with Crippen LogP contribution >= 0.6 is 0 Å². The van der Waals surface area contributed by atoms with Crippen LogP contribution in [0.5, 0.6) is 5.75 Å². The summed E-state index contributed by atoms with van der Waals surface area (Å²) in [4.78, 5) is 22.9. The van der Waals surface area contributed by atoms with E-state index in [-0.39, 0.29) is 27.8 Å². The zero-order valence-corrected chi connectivity index (χ0v) is 20.6. The lowest BCUT2D eigenvalue weighted by Crippen LogP contribution is -2.29. The van der Waals surface area contributed by atoms with E-state index in [4.69, 9.17) is 14.2 Å². The molecule has 6 nitrogen and oxygen atoms in total. The molecule has 0 heterocycles. The molecule has 0 aromatic heterocycles. The van der Waals surface area contributed by atoms with Crippen molar-refractivity contribution in [2.24, 2.45) is 17.8 Å². The van der Waals surface area contributed by atoms with Gasteiger partial charge in [0.1, 0.15) is 25.6 Å². The fourth-order valence-electron chi connectivity index (χ4n) is 3.62. The largest absolute Gasteiger partial charge is 0.490 e. The quantitative estimate of drug-likeness (QED) is 0.246. The highest BCUT2D eigenvalue weighted by molar-refractivity contribution is 5.86. The van der Waals surface area contributed by atoms with Crippen molar-refractivity contribution in [1.82, 2.24) is 5.32 Å². The maximum absolute atomic E-state index is 11.6. The zero-order chi connectivity index (χ0) is 24.3. The molecule has 0 radical (unpaired) electrons. The summed E-state index contributed by atoms with van der Waals surface area (Å²) >= 11 is 0. The molecule has 0 saturated carbocycles. The summed E-state index contributed by atoms with van der Waals surface area (Å²) in [5.41, 5.74) is 4.42. The second-order valence-electron chi connectivity index (χ2n) is 8.68. The SMILES string of the molecule is C=C(C)C(=O)OCCNC(=O)OCCOc1ccc(C(=C(C(C)C)C(C)C)C(C)C)cc1.[HH]. The Balaban J connectivity index is 0.0000102. The van der Waals surface area contributed by atoms with Gasteiger partial charge in [-0.2, -0.15) is 0 Å². The van der Waals surface area contributed by atoms with E-state index in [1.165, 1.54) is 16.7 Å². The van der Waals surface area contributed by atoms with Crippen molar-refractivity contribution in [3.05, 3.63) is 47.6 Å². The van der Waals surface area contributed by atoms with Crippen LogP contribution in [0.1, 0.15) is 55.5 Å². The number of nitrogens with one attached hydrogen (secondary N) is 1. The lowest BCUT2D eigenvalue weighted by molar-refractivity contribution is -0.138. The van der Waals surface area contributed by atoms with Crippen molar-refractivity contribution in [3.63, 3.8) is 0 Å². The van der Waals surface area contributed by atoms with Gasteiger partial charge in [-0.3, -0.25) is 0 Å².